The standard InChI is InChI=1S/C24H23ClN4O3S/c1-15-11-17(5-6-18(15)25)31-13-16-12-21(33-14-16)24(30)26-19-7-8-20(23-22(19)27-32-28-23)29-9-3-2-4-10-29/h5-8,11-12,14H,2-4,9-10,13H2,1H3,(H,26,30). The zero-order chi connectivity index (χ0) is 22.8. The summed E-state index contributed by atoms with van der Waals surface area (Å²) in [5.41, 5.74) is 4.70. The number of aryl methyl sites for hydroxylation is 1. The topological polar surface area (TPSA) is 80.5 Å². The Hall–Kier alpha value is -3.10. The quantitative estimate of drug-likeness (QED) is 0.359. The van der Waals surface area contributed by atoms with Gasteiger partial charge < -0.3 is 15.0 Å². The largest absolute Gasteiger partial charge is 0.489 e. The number of fused-ring (bicyclic) bond motifs is 1. The number of piperidine rings is 1. The maximum absolute atomic E-state index is 12.9. The number of anilines is 2. The molecule has 9 heteroatoms. The Kier molecular flexibility index (Phi) is 6.20. The molecule has 1 N–H and O–H groups in total. The molecule has 1 amide bonds. The van der Waals surface area contributed by atoms with Gasteiger partial charge in [0.25, 0.3) is 5.91 Å². The van der Waals surface area contributed by atoms with Crippen molar-refractivity contribution in [2.24, 2.45) is 0 Å². The second kappa shape index (κ2) is 9.41. The summed E-state index contributed by atoms with van der Waals surface area (Å²) in [6.45, 7) is 4.28. The van der Waals surface area contributed by atoms with Crippen LogP contribution in [0.1, 0.15) is 40.1 Å². The Balaban J connectivity index is 1.27. The van der Waals surface area contributed by atoms with Crippen LogP contribution in [-0.4, -0.2) is 29.3 Å². The van der Waals surface area contributed by atoms with Gasteiger partial charge in [0.15, 0.2) is 11.0 Å². The second-order valence-electron chi connectivity index (χ2n) is 8.11. The van der Waals surface area contributed by atoms with Crippen LogP contribution < -0.4 is 15.0 Å². The van der Waals surface area contributed by atoms with Crippen molar-refractivity contribution in [3.63, 3.8) is 0 Å². The second-order valence-corrected chi connectivity index (χ2v) is 9.43. The van der Waals surface area contributed by atoms with Gasteiger partial charge in [-0.05, 0) is 83.8 Å². The number of benzene rings is 2. The van der Waals surface area contributed by atoms with Crippen molar-refractivity contribution >= 4 is 51.3 Å². The van der Waals surface area contributed by atoms with E-state index in [1.54, 1.807) is 0 Å². The third kappa shape index (κ3) is 4.67. The highest BCUT2D eigenvalue weighted by atomic mass is 35.5. The summed E-state index contributed by atoms with van der Waals surface area (Å²) in [7, 11) is 0. The fourth-order valence-electron chi connectivity index (χ4n) is 3.97. The monoisotopic (exact) mass is 482 g/mol. The van der Waals surface area contributed by atoms with Crippen molar-refractivity contribution in [3.05, 3.63) is 62.8 Å². The molecule has 1 saturated heterocycles. The zero-order valence-corrected chi connectivity index (χ0v) is 19.7. The molecule has 2 aromatic heterocycles. The van der Waals surface area contributed by atoms with Crippen LogP contribution in [0.5, 0.6) is 5.75 Å². The highest BCUT2D eigenvalue weighted by Gasteiger charge is 2.20. The van der Waals surface area contributed by atoms with E-state index in [4.69, 9.17) is 21.0 Å². The zero-order valence-electron chi connectivity index (χ0n) is 18.1. The molecule has 0 radical (unpaired) electrons. The van der Waals surface area contributed by atoms with E-state index in [0.717, 1.165) is 48.5 Å². The number of thiophene rings is 1. The number of carbonyl (C=O) groups is 1. The number of nitrogens with zero attached hydrogens (tertiary/aromatic N) is 3. The van der Waals surface area contributed by atoms with Gasteiger partial charge in [0.1, 0.15) is 12.4 Å². The van der Waals surface area contributed by atoms with Gasteiger partial charge in [0, 0.05) is 23.7 Å². The Labute approximate surface area is 200 Å². The van der Waals surface area contributed by atoms with Gasteiger partial charge in [0.2, 0.25) is 0 Å². The predicted molar refractivity (Wildman–Crippen MR) is 131 cm³/mol. The fraction of sp³-hybridized carbons (Fsp3) is 0.292. The van der Waals surface area contributed by atoms with Gasteiger partial charge in [0.05, 0.1) is 16.3 Å². The first-order valence-electron chi connectivity index (χ1n) is 10.9. The molecule has 1 fully saturated rings. The number of rotatable bonds is 6. The predicted octanol–water partition coefficient (Wildman–Crippen LogP) is 6.07. The Morgan fingerprint density at radius 2 is 1.97 bits per heavy atom. The summed E-state index contributed by atoms with van der Waals surface area (Å²) in [6.07, 6.45) is 3.57. The number of amides is 1. The minimum atomic E-state index is -0.205. The molecular formula is C24H23ClN4O3S. The van der Waals surface area contributed by atoms with E-state index in [1.165, 1.54) is 17.8 Å². The summed E-state index contributed by atoms with van der Waals surface area (Å²) in [5.74, 6) is 0.535. The molecule has 1 aliphatic heterocycles. The Morgan fingerprint density at radius 3 is 2.79 bits per heavy atom. The molecule has 1 aliphatic rings. The molecule has 4 aromatic rings. The normalized spacial score (nSPS) is 13.9. The third-order valence-corrected chi connectivity index (χ3v) is 7.15. The first kappa shape index (κ1) is 21.7. The number of nitrogens with one attached hydrogen (secondary N) is 1. The van der Waals surface area contributed by atoms with Crippen molar-refractivity contribution in [1.29, 1.82) is 0 Å². The van der Waals surface area contributed by atoms with Crippen molar-refractivity contribution in [2.45, 2.75) is 32.8 Å². The van der Waals surface area contributed by atoms with Gasteiger partial charge in [-0.15, -0.1) is 11.3 Å². The summed E-state index contributed by atoms with van der Waals surface area (Å²) in [5, 5.41) is 13.7. The smallest absolute Gasteiger partial charge is 0.265 e. The molecular weight excluding hydrogens is 460 g/mol. The van der Waals surface area contributed by atoms with Gasteiger partial charge in [-0.25, -0.2) is 4.63 Å². The number of halogens is 1. The maximum Gasteiger partial charge on any atom is 0.265 e. The molecule has 3 heterocycles. The van der Waals surface area contributed by atoms with Gasteiger partial charge in [-0.2, -0.15) is 0 Å². The van der Waals surface area contributed by atoms with Crippen molar-refractivity contribution in [2.75, 3.05) is 23.3 Å². The Bertz CT molecular complexity index is 1300. The van der Waals surface area contributed by atoms with Crippen molar-refractivity contribution in [3.8, 4) is 5.75 Å². The van der Waals surface area contributed by atoms with Crippen LogP contribution in [0.25, 0.3) is 11.0 Å². The van der Waals surface area contributed by atoms with Crippen LogP contribution in [0.15, 0.2) is 46.4 Å². The Morgan fingerprint density at radius 1 is 1.15 bits per heavy atom. The molecule has 33 heavy (non-hydrogen) atoms. The molecule has 0 saturated carbocycles. The lowest BCUT2D eigenvalue weighted by Crippen LogP contribution is -2.29. The first-order chi connectivity index (χ1) is 16.1. The number of aromatic nitrogens is 2. The summed E-state index contributed by atoms with van der Waals surface area (Å²) in [4.78, 5) is 15.8. The van der Waals surface area contributed by atoms with E-state index in [9.17, 15) is 4.79 Å². The molecule has 170 valence electrons. The van der Waals surface area contributed by atoms with Crippen LogP contribution in [0, 0.1) is 6.92 Å². The number of hydrogen-bond acceptors (Lipinski definition) is 7. The van der Waals surface area contributed by atoms with E-state index in [0.29, 0.717) is 33.2 Å². The molecule has 0 atom stereocenters. The average Bonchev–Trinajstić information content (AvgIpc) is 3.51. The SMILES string of the molecule is Cc1cc(OCc2csc(C(=O)Nc3ccc(N4CCCCC4)c4nonc34)c2)ccc1Cl. The average molecular weight is 483 g/mol. The summed E-state index contributed by atoms with van der Waals surface area (Å²) in [6, 6.07) is 11.2. The van der Waals surface area contributed by atoms with Crippen LogP contribution >= 0.6 is 22.9 Å². The van der Waals surface area contributed by atoms with Crippen LogP contribution in [-0.2, 0) is 6.61 Å². The lowest BCUT2D eigenvalue weighted by molar-refractivity contribution is 0.103. The first-order valence-corrected chi connectivity index (χ1v) is 12.1. The van der Waals surface area contributed by atoms with E-state index in [-0.39, 0.29) is 5.91 Å². The number of carbonyl (C=O) groups excluding carboxylic acids is 1. The van der Waals surface area contributed by atoms with Crippen LogP contribution in [0.4, 0.5) is 11.4 Å². The van der Waals surface area contributed by atoms with E-state index in [2.05, 4.69) is 20.5 Å². The van der Waals surface area contributed by atoms with Gasteiger partial charge >= 0.3 is 0 Å². The molecule has 0 aliphatic carbocycles. The lowest BCUT2D eigenvalue weighted by Gasteiger charge is -2.28. The van der Waals surface area contributed by atoms with Crippen molar-refractivity contribution in [1.82, 2.24) is 10.3 Å². The molecule has 0 unspecified atom stereocenters. The molecule has 7 nitrogen and oxygen atoms in total. The summed E-state index contributed by atoms with van der Waals surface area (Å²) >= 11 is 7.43. The molecule has 0 spiro atoms. The highest BCUT2D eigenvalue weighted by Crippen LogP contribution is 2.32. The summed E-state index contributed by atoms with van der Waals surface area (Å²) < 4.78 is 10.9. The molecule has 5 rings (SSSR count). The van der Waals surface area contributed by atoms with Gasteiger partial charge in [-0.3, -0.25) is 4.79 Å². The third-order valence-electron chi connectivity index (χ3n) is 5.75. The maximum atomic E-state index is 12.9. The van der Waals surface area contributed by atoms with Gasteiger partial charge in [-0.1, -0.05) is 11.6 Å². The van der Waals surface area contributed by atoms with Crippen molar-refractivity contribution < 1.29 is 14.2 Å². The van der Waals surface area contributed by atoms with E-state index < -0.39 is 0 Å². The van der Waals surface area contributed by atoms with E-state index >= 15 is 0 Å². The minimum Gasteiger partial charge on any atom is -0.489 e. The van der Waals surface area contributed by atoms with E-state index in [1.807, 2.05) is 48.7 Å². The number of ether oxygens (including phenoxy) is 1. The highest BCUT2D eigenvalue weighted by molar-refractivity contribution is 7.12. The molecule has 0 bridgehead atoms. The number of hydrogen-bond donors (Lipinski definition) is 1. The fourth-order valence-corrected chi connectivity index (χ4v) is 4.88. The van der Waals surface area contributed by atoms with Crippen LogP contribution in [0.2, 0.25) is 5.02 Å². The van der Waals surface area contributed by atoms with Crippen LogP contribution in [0.3, 0.4) is 0 Å². The molecule has 2 aromatic carbocycles. The lowest BCUT2D eigenvalue weighted by atomic mass is 10.1. The minimum absolute atomic E-state index is 0.205.